The monoisotopic (exact) mass is 497 g/mol. The first-order valence-corrected chi connectivity index (χ1v) is 13.2. The highest BCUT2D eigenvalue weighted by Gasteiger charge is 2.26. The zero-order valence-electron chi connectivity index (χ0n) is 20.0. The first kappa shape index (κ1) is 22.9. The zero-order chi connectivity index (χ0) is 24.3. The van der Waals surface area contributed by atoms with Gasteiger partial charge >= 0.3 is 0 Å². The van der Waals surface area contributed by atoms with Crippen LogP contribution in [0.5, 0.6) is 0 Å². The molecule has 5 heterocycles. The molecule has 0 atom stereocenters. The molecule has 8 nitrogen and oxygen atoms in total. The number of thiophene rings is 1. The van der Waals surface area contributed by atoms with Gasteiger partial charge in [-0.3, -0.25) is 4.90 Å². The smallest absolute Gasteiger partial charge is 0.146 e. The van der Waals surface area contributed by atoms with E-state index < -0.39 is 0 Å². The van der Waals surface area contributed by atoms with Crippen LogP contribution in [-0.2, 0) is 11.3 Å². The summed E-state index contributed by atoms with van der Waals surface area (Å²) in [7, 11) is 0. The van der Waals surface area contributed by atoms with E-state index in [1.165, 1.54) is 11.1 Å². The Hall–Kier alpha value is -3.58. The number of pyridine rings is 1. The van der Waals surface area contributed by atoms with Gasteiger partial charge in [0.1, 0.15) is 28.4 Å². The zero-order valence-corrected chi connectivity index (χ0v) is 20.8. The van der Waals surface area contributed by atoms with Gasteiger partial charge in [0.05, 0.1) is 30.7 Å². The third-order valence-corrected chi connectivity index (χ3v) is 7.67. The number of benzene rings is 1. The van der Waals surface area contributed by atoms with Crippen molar-refractivity contribution in [2.45, 2.75) is 6.54 Å². The number of nitriles is 1. The third-order valence-electron chi connectivity index (χ3n) is 6.80. The summed E-state index contributed by atoms with van der Waals surface area (Å²) >= 11 is 1.69. The number of piperazine rings is 1. The van der Waals surface area contributed by atoms with Crippen molar-refractivity contribution >= 4 is 33.2 Å². The fourth-order valence-electron chi connectivity index (χ4n) is 4.92. The molecule has 0 N–H and O–H groups in total. The van der Waals surface area contributed by atoms with E-state index in [0.717, 1.165) is 86.7 Å². The number of aromatic nitrogens is 3. The van der Waals surface area contributed by atoms with Gasteiger partial charge in [-0.15, -0.1) is 11.3 Å². The molecule has 0 bridgehead atoms. The Labute approximate surface area is 214 Å². The second-order valence-electron chi connectivity index (χ2n) is 9.01. The van der Waals surface area contributed by atoms with Crippen LogP contribution in [0.4, 0.5) is 11.6 Å². The van der Waals surface area contributed by atoms with Gasteiger partial charge in [0, 0.05) is 56.4 Å². The average molecular weight is 498 g/mol. The molecule has 4 aromatic rings. The van der Waals surface area contributed by atoms with Crippen LogP contribution < -0.4 is 9.80 Å². The third kappa shape index (κ3) is 4.51. The summed E-state index contributed by atoms with van der Waals surface area (Å²) in [4.78, 5) is 22.6. The van der Waals surface area contributed by atoms with Crippen LogP contribution in [0, 0.1) is 11.3 Å². The van der Waals surface area contributed by atoms with E-state index in [1.54, 1.807) is 17.5 Å². The molecule has 0 aliphatic carbocycles. The van der Waals surface area contributed by atoms with E-state index in [9.17, 15) is 5.26 Å². The highest BCUT2D eigenvalue weighted by molar-refractivity contribution is 7.17. The van der Waals surface area contributed by atoms with E-state index in [0.29, 0.717) is 5.56 Å². The Balaban J connectivity index is 1.34. The summed E-state index contributed by atoms with van der Waals surface area (Å²) < 4.78 is 5.52. The Kier molecular flexibility index (Phi) is 6.47. The predicted octanol–water partition coefficient (Wildman–Crippen LogP) is 3.78. The van der Waals surface area contributed by atoms with Crippen molar-refractivity contribution in [2.24, 2.45) is 0 Å². The molecule has 6 rings (SSSR count). The Bertz CT molecular complexity index is 1390. The standard InChI is InChI=1S/C27H27N7OS/c28-17-21-7-4-8-29-25(21)33-9-11-34(12-10-33)26-24-22(20-5-2-1-3-6-20)19-36-27(24)31-23(30-26)18-32-13-15-35-16-14-32/h1-8,19H,9-16,18H2. The normalized spacial score (nSPS) is 16.9. The SMILES string of the molecule is N#Cc1cccnc1N1CCN(c2nc(CN3CCOCC3)nc3scc(-c4ccccc4)c23)CC1. The molecule has 9 heteroatoms. The lowest BCUT2D eigenvalue weighted by atomic mass is 10.1. The van der Waals surface area contributed by atoms with Crippen molar-refractivity contribution in [1.29, 1.82) is 5.26 Å². The van der Waals surface area contributed by atoms with Crippen molar-refractivity contribution in [3.63, 3.8) is 0 Å². The number of nitrogens with zero attached hydrogens (tertiary/aromatic N) is 7. The van der Waals surface area contributed by atoms with Gasteiger partial charge < -0.3 is 14.5 Å². The quantitative estimate of drug-likeness (QED) is 0.412. The minimum Gasteiger partial charge on any atom is -0.379 e. The number of anilines is 2. The summed E-state index contributed by atoms with van der Waals surface area (Å²) in [5.74, 6) is 2.63. The van der Waals surface area contributed by atoms with Crippen molar-refractivity contribution in [1.82, 2.24) is 19.9 Å². The molecule has 2 fully saturated rings. The van der Waals surface area contributed by atoms with Gasteiger partial charge in [0.25, 0.3) is 0 Å². The molecule has 0 unspecified atom stereocenters. The van der Waals surface area contributed by atoms with Gasteiger partial charge in [-0.25, -0.2) is 15.0 Å². The van der Waals surface area contributed by atoms with Crippen molar-refractivity contribution in [3.8, 4) is 17.2 Å². The number of fused-ring (bicyclic) bond motifs is 1. The maximum atomic E-state index is 9.52. The van der Waals surface area contributed by atoms with Crippen molar-refractivity contribution in [2.75, 3.05) is 62.3 Å². The molecule has 0 spiro atoms. The van der Waals surface area contributed by atoms with E-state index in [-0.39, 0.29) is 0 Å². The molecule has 2 saturated heterocycles. The maximum absolute atomic E-state index is 9.52. The minimum atomic E-state index is 0.618. The van der Waals surface area contributed by atoms with Crippen LogP contribution in [0.1, 0.15) is 11.4 Å². The first-order chi connectivity index (χ1) is 17.8. The molecule has 2 aliphatic heterocycles. The van der Waals surface area contributed by atoms with Gasteiger partial charge in [0.15, 0.2) is 0 Å². The molecule has 1 aromatic carbocycles. The Morgan fingerprint density at radius 2 is 1.64 bits per heavy atom. The Morgan fingerprint density at radius 1 is 0.889 bits per heavy atom. The lowest BCUT2D eigenvalue weighted by Gasteiger charge is -2.37. The summed E-state index contributed by atoms with van der Waals surface area (Å²) in [5, 5.41) is 12.9. The molecule has 3 aromatic heterocycles. The van der Waals surface area contributed by atoms with Crippen LogP contribution in [-0.4, -0.2) is 72.3 Å². The van der Waals surface area contributed by atoms with E-state index in [2.05, 4.69) is 55.4 Å². The number of morpholine rings is 1. The summed E-state index contributed by atoms with van der Waals surface area (Å²) in [5.41, 5.74) is 2.98. The fourth-order valence-corrected chi connectivity index (χ4v) is 5.88. The fraction of sp³-hybridized carbons (Fsp3) is 0.333. The van der Waals surface area contributed by atoms with Gasteiger partial charge in [-0.1, -0.05) is 30.3 Å². The molecular formula is C27H27N7OS. The van der Waals surface area contributed by atoms with Gasteiger partial charge in [0.2, 0.25) is 0 Å². The molecule has 182 valence electrons. The van der Waals surface area contributed by atoms with Gasteiger partial charge in [-0.05, 0) is 17.7 Å². The second-order valence-corrected chi connectivity index (χ2v) is 9.87. The van der Waals surface area contributed by atoms with E-state index in [4.69, 9.17) is 14.7 Å². The van der Waals surface area contributed by atoms with Crippen LogP contribution in [0.15, 0.2) is 54.0 Å². The van der Waals surface area contributed by atoms with Gasteiger partial charge in [-0.2, -0.15) is 5.26 Å². The summed E-state index contributed by atoms with van der Waals surface area (Å²) in [6.45, 7) is 7.20. The maximum Gasteiger partial charge on any atom is 0.146 e. The average Bonchev–Trinajstić information content (AvgIpc) is 3.38. The molecular weight excluding hydrogens is 470 g/mol. The highest BCUT2D eigenvalue weighted by atomic mass is 32.1. The van der Waals surface area contributed by atoms with E-state index in [1.807, 2.05) is 18.2 Å². The van der Waals surface area contributed by atoms with Crippen molar-refractivity contribution < 1.29 is 4.74 Å². The lowest BCUT2D eigenvalue weighted by molar-refractivity contribution is 0.0331. The number of hydrogen-bond acceptors (Lipinski definition) is 9. The van der Waals surface area contributed by atoms with Crippen LogP contribution >= 0.6 is 11.3 Å². The number of hydrogen-bond donors (Lipinski definition) is 0. The minimum absolute atomic E-state index is 0.618. The first-order valence-electron chi connectivity index (χ1n) is 12.3. The molecule has 2 aliphatic rings. The molecule has 0 amide bonds. The number of rotatable bonds is 5. The summed E-state index contributed by atoms with van der Waals surface area (Å²) in [6.07, 6.45) is 1.76. The Morgan fingerprint density at radius 3 is 2.39 bits per heavy atom. The second kappa shape index (κ2) is 10.2. The van der Waals surface area contributed by atoms with Crippen molar-refractivity contribution in [3.05, 3.63) is 65.4 Å². The topological polar surface area (TPSA) is 81.4 Å². The van der Waals surface area contributed by atoms with E-state index >= 15 is 0 Å². The molecule has 36 heavy (non-hydrogen) atoms. The molecule has 0 saturated carbocycles. The van der Waals surface area contributed by atoms with Crippen LogP contribution in [0.25, 0.3) is 21.3 Å². The highest BCUT2D eigenvalue weighted by Crippen LogP contribution is 2.39. The molecule has 0 radical (unpaired) electrons. The largest absolute Gasteiger partial charge is 0.379 e. The number of ether oxygens (including phenoxy) is 1. The lowest BCUT2D eigenvalue weighted by Crippen LogP contribution is -2.47. The predicted molar refractivity (Wildman–Crippen MR) is 142 cm³/mol. The van der Waals surface area contributed by atoms with Crippen LogP contribution in [0.2, 0.25) is 0 Å². The van der Waals surface area contributed by atoms with Crippen LogP contribution in [0.3, 0.4) is 0 Å². The summed E-state index contributed by atoms with van der Waals surface area (Å²) in [6, 6.07) is 16.4.